The van der Waals surface area contributed by atoms with Gasteiger partial charge in [0.15, 0.2) is 0 Å². The van der Waals surface area contributed by atoms with Crippen LogP contribution in [-0.4, -0.2) is 11.1 Å². The number of carboxylic acids is 1. The normalized spacial score (nSPS) is 10.1. The Morgan fingerprint density at radius 3 is 2.50 bits per heavy atom. The maximum atomic E-state index is 9.80. The number of hydrogen-bond acceptors (Lipinski definition) is 2. The van der Waals surface area contributed by atoms with E-state index >= 15 is 0 Å². The van der Waals surface area contributed by atoms with Gasteiger partial charge in [0.05, 0.1) is 0 Å². The van der Waals surface area contributed by atoms with E-state index in [9.17, 15) is 4.79 Å². The van der Waals surface area contributed by atoms with Gasteiger partial charge in [-0.3, -0.25) is 0 Å². The summed E-state index contributed by atoms with van der Waals surface area (Å²) in [5.41, 5.74) is 4.53. The molecule has 0 aromatic rings. The van der Waals surface area contributed by atoms with Crippen LogP contribution in [0.25, 0.3) is 0 Å². The number of aliphatic carboxylic acids is 1. The summed E-state index contributed by atoms with van der Waals surface area (Å²) in [6.45, 7) is 0. The number of rotatable bonds is 1. The largest absolute Gasteiger partial charge is 0.477 e. The van der Waals surface area contributed by atoms with Crippen molar-refractivity contribution >= 4 is 5.97 Å². The van der Waals surface area contributed by atoms with Crippen molar-refractivity contribution in [1.29, 1.82) is 0 Å². The van der Waals surface area contributed by atoms with Crippen LogP contribution in [0.1, 0.15) is 0 Å². The number of terminal acetylenes is 1. The van der Waals surface area contributed by atoms with Gasteiger partial charge < -0.3 is 10.8 Å². The topological polar surface area (TPSA) is 63.3 Å². The Kier molecular flexibility index (Phi) is 2.21. The van der Waals surface area contributed by atoms with E-state index in [1.807, 2.05) is 5.92 Å². The van der Waals surface area contributed by atoms with E-state index < -0.39 is 5.97 Å². The Bertz CT molecular complexity index is 164. The maximum Gasteiger partial charge on any atom is 0.352 e. The molecule has 0 aliphatic carbocycles. The zero-order valence-corrected chi connectivity index (χ0v) is 4.09. The smallest absolute Gasteiger partial charge is 0.352 e. The third-order valence-corrected chi connectivity index (χ3v) is 0.486. The van der Waals surface area contributed by atoms with Crippen LogP contribution >= 0.6 is 0 Å². The molecular weight excluding hydrogens is 106 g/mol. The lowest BCUT2D eigenvalue weighted by atomic mass is 10.4. The molecule has 0 radical (unpaired) electrons. The molecule has 0 fully saturated rings. The first-order valence-corrected chi connectivity index (χ1v) is 1.83. The van der Waals surface area contributed by atoms with Crippen molar-refractivity contribution < 1.29 is 9.90 Å². The Labute approximate surface area is 46.8 Å². The van der Waals surface area contributed by atoms with Crippen LogP contribution in [0.4, 0.5) is 0 Å². The van der Waals surface area contributed by atoms with Crippen LogP contribution in [0.5, 0.6) is 0 Å². The molecule has 0 aromatic heterocycles. The van der Waals surface area contributed by atoms with Gasteiger partial charge in [-0.05, 0) is 0 Å². The predicted molar refractivity (Wildman–Crippen MR) is 28.7 cm³/mol. The quantitative estimate of drug-likeness (QED) is 0.355. The van der Waals surface area contributed by atoms with E-state index in [4.69, 9.17) is 17.3 Å². The molecule has 42 valence electrons. The zero-order chi connectivity index (χ0) is 6.57. The molecule has 0 rings (SSSR count). The van der Waals surface area contributed by atoms with Crippen molar-refractivity contribution in [3.63, 3.8) is 0 Å². The van der Waals surface area contributed by atoms with Gasteiger partial charge in [-0.15, -0.1) is 6.42 Å². The first kappa shape index (κ1) is 6.57. The van der Waals surface area contributed by atoms with Crippen LogP contribution < -0.4 is 5.73 Å². The number of carbonyl (C=O) groups is 1. The minimum Gasteiger partial charge on any atom is -0.477 e. The molecule has 0 aliphatic rings. The SMILES string of the molecule is C#CC=C(N)C(=O)O. The van der Waals surface area contributed by atoms with Gasteiger partial charge in [0.25, 0.3) is 0 Å². The van der Waals surface area contributed by atoms with Gasteiger partial charge in [-0.2, -0.15) is 0 Å². The second-order valence-electron chi connectivity index (χ2n) is 1.07. The second kappa shape index (κ2) is 2.69. The van der Waals surface area contributed by atoms with Crippen molar-refractivity contribution in [1.82, 2.24) is 0 Å². The molecule has 0 aliphatic heterocycles. The summed E-state index contributed by atoms with van der Waals surface area (Å²) in [6, 6.07) is 0. The lowest BCUT2D eigenvalue weighted by Gasteiger charge is -1.84. The molecule has 3 heteroatoms. The van der Waals surface area contributed by atoms with Crippen LogP contribution in [-0.2, 0) is 4.79 Å². The molecule has 0 unspecified atom stereocenters. The summed E-state index contributed by atoms with van der Waals surface area (Å²) in [4.78, 5) is 9.80. The van der Waals surface area contributed by atoms with Crippen LogP contribution in [0, 0.1) is 12.3 Å². The molecule has 0 bridgehead atoms. The molecule has 0 heterocycles. The summed E-state index contributed by atoms with van der Waals surface area (Å²) < 4.78 is 0. The zero-order valence-electron chi connectivity index (χ0n) is 4.09. The van der Waals surface area contributed by atoms with Crippen LogP contribution in [0.2, 0.25) is 0 Å². The third-order valence-electron chi connectivity index (χ3n) is 0.486. The van der Waals surface area contributed by atoms with Crippen LogP contribution in [0.15, 0.2) is 11.8 Å². The van der Waals surface area contributed by atoms with E-state index in [-0.39, 0.29) is 5.70 Å². The molecule has 8 heavy (non-hydrogen) atoms. The molecule has 0 aromatic carbocycles. The number of hydrogen-bond donors (Lipinski definition) is 2. The monoisotopic (exact) mass is 111 g/mol. The minimum absolute atomic E-state index is 0.312. The lowest BCUT2D eigenvalue weighted by molar-refractivity contribution is -0.132. The van der Waals surface area contributed by atoms with E-state index in [1.165, 1.54) is 0 Å². The summed E-state index contributed by atoms with van der Waals surface area (Å²) in [6.07, 6.45) is 5.69. The highest BCUT2D eigenvalue weighted by Crippen LogP contribution is 1.78. The minimum atomic E-state index is -1.19. The Morgan fingerprint density at radius 1 is 1.88 bits per heavy atom. The van der Waals surface area contributed by atoms with Crippen molar-refractivity contribution in [3.05, 3.63) is 11.8 Å². The van der Waals surface area contributed by atoms with Gasteiger partial charge in [-0.25, -0.2) is 4.79 Å². The molecule has 0 saturated carbocycles. The van der Waals surface area contributed by atoms with E-state index in [2.05, 4.69) is 0 Å². The van der Waals surface area contributed by atoms with Gasteiger partial charge in [0, 0.05) is 6.08 Å². The van der Waals surface area contributed by atoms with Gasteiger partial charge >= 0.3 is 5.97 Å². The highest BCUT2D eigenvalue weighted by atomic mass is 16.4. The first-order valence-electron chi connectivity index (χ1n) is 1.83. The summed E-state index contributed by atoms with van der Waals surface area (Å²) in [5.74, 6) is 0.789. The van der Waals surface area contributed by atoms with Crippen molar-refractivity contribution in [2.24, 2.45) is 5.73 Å². The molecule has 3 N–H and O–H groups in total. The molecular formula is C5H5NO2. The highest BCUT2D eigenvalue weighted by Gasteiger charge is 1.95. The van der Waals surface area contributed by atoms with Crippen molar-refractivity contribution in [2.75, 3.05) is 0 Å². The Hall–Kier alpha value is -1.43. The average molecular weight is 111 g/mol. The molecule has 3 nitrogen and oxygen atoms in total. The van der Waals surface area contributed by atoms with E-state index in [0.29, 0.717) is 0 Å². The molecule has 0 amide bonds. The van der Waals surface area contributed by atoms with Gasteiger partial charge in [-0.1, -0.05) is 5.92 Å². The van der Waals surface area contributed by atoms with Crippen molar-refractivity contribution in [2.45, 2.75) is 0 Å². The fraction of sp³-hybridized carbons (Fsp3) is 0. The lowest BCUT2D eigenvalue weighted by Crippen LogP contribution is -2.08. The fourth-order valence-electron chi connectivity index (χ4n) is 0.152. The number of carboxylic acid groups (broad SMARTS) is 1. The average Bonchev–Trinajstić information content (AvgIpc) is 1.67. The molecule has 0 atom stereocenters. The van der Waals surface area contributed by atoms with Gasteiger partial charge in [0.2, 0.25) is 0 Å². The second-order valence-corrected chi connectivity index (χ2v) is 1.07. The first-order chi connectivity index (χ1) is 3.68. The Morgan fingerprint density at radius 2 is 2.38 bits per heavy atom. The summed E-state index contributed by atoms with van der Waals surface area (Å²) >= 11 is 0. The summed E-state index contributed by atoms with van der Waals surface area (Å²) in [5, 5.41) is 8.02. The molecule has 0 spiro atoms. The third kappa shape index (κ3) is 1.88. The Balaban J connectivity index is 4.06. The summed E-state index contributed by atoms with van der Waals surface area (Å²) in [7, 11) is 0. The van der Waals surface area contributed by atoms with E-state index in [1.54, 1.807) is 0 Å². The fourth-order valence-corrected chi connectivity index (χ4v) is 0.152. The highest BCUT2D eigenvalue weighted by molar-refractivity contribution is 5.85. The van der Waals surface area contributed by atoms with Crippen molar-refractivity contribution in [3.8, 4) is 12.3 Å². The van der Waals surface area contributed by atoms with E-state index in [0.717, 1.165) is 6.08 Å². The standard InChI is InChI=1S/C5H5NO2/c1-2-3-4(6)5(7)8/h1,3H,6H2,(H,7,8). The molecule has 0 saturated heterocycles. The predicted octanol–water partition coefficient (Wildman–Crippen LogP) is -0.453. The number of nitrogens with two attached hydrogens (primary N) is 1. The van der Waals surface area contributed by atoms with Gasteiger partial charge in [0.1, 0.15) is 5.70 Å². The maximum absolute atomic E-state index is 9.80. The number of allylic oxidation sites excluding steroid dienone is 1. The van der Waals surface area contributed by atoms with Crippen LogP contribution in [0.3, 0.4) is 0 Å².